The summed E-state index contributed by atoms with van der Waals surface area (Å²) in [6.07, 6.45) is 5.82. The first-order chi connectivity index (χ1) is 10.2. The number of carbonyl (C=O) groups is 1. The molecule has 21 heavy (non-hydrogen) atoms. The van der Waals surface area contributed by atoms with E-state index in [2.05, 4.69) is 28.7 Å². The maximum atomic E-state index is 12.0. The van der Waals surface area contributed by atoms with Gasteiger partial charge in [-0.1, -0.05) is 18.9 Å². The van der Waals surface area contributed by atoms with Gasteiger partial charge in [0.05, 0.1) is 6.54 Å². The van der Waals surface area contributed by atoms with Gasteiger partial charge in [0.25, 0.3) is 0 Å². The standard InChI is InChI=1S/C16H27N3OS/c1-19(15-7-3-2-5-13(15)11-17)12-16(20)18-9-8-14-6-4-10-21-14/h4,6,10,13,15H,2-3,5,7-9,11-12,17H2,1H3,(H,18,20). The zero-order chi connectivity index (χ0) is 15.1. The Labute approximate surface area is 131 Å². The molecule has 1 aromatic heterocycles. The van der Waals surface area contributed by atoms with Crippen LogP contribution in [0.4, 0.5) is 0 Å². The molecular weight excluding hydrogens is 282 g/mol. The largest absolute Gasteiger partial charge is 0.355 e. The highest BCUT2D eigenvalue weighted by Gasteiger charge is 2.27. The number of hydrogen-bond acceptors (Lipinski definition) is 4. The Morgan fingerprint density at radius 3 is 3.00 bits per heavy atom. The summed E-state index contributed by atoms with van der Waals surface area (Å²) in [4.78, 5) is 15.5. The van der Waals surface area contributed by atoms with Crippen molar-refractivity contribution in [1.82, 2.24) is 10.2 Å². The van der Waals surface area contributed by atoms with Crippen LogP contribution in [-0.4, -0.2) is 43.5 Å². The molecule has 1 saturated carbocycles. The third-order valence-electron chi connectivity index (χ3n) is 4.40. The van der Waals surface area contributed by atoms with Gasteiger partial charge in [0, 0.05) is 17.5 Å². The van der Waals surface area contributed by atoms with E-state index >= 15 is 0 Å². The van der Waals surface area contributed by atoms with Gasteiger partial charge in [0.15, 0.2) is 0 Å². The van der Waals surface area contributed by atoms with Crippen LogP contribution in [0.3, 0.4) is 0 Å². The molecule has 0 aliphatic heterocycles. The molecule has 1 fully saturated rings. The molecule has 4 nitrogen and oxygen atoms in total. The summed E-state index contributed by atoms with van der Waals surface area (Å²) >= 11 is 1.74. The van der Waals surface area contributed by atoms with Crippen molar-refractivity contribution in [3.63, 3.8) is 0 Å². The molecule has 0 bridgehead atoms. The van der Waals surface area contributed by atoms with E-state index in [9.17, 15) is 4.79 Å². The normalized spacial score (nSPS) is 22.4. The van der Waals surface area contributed by atoms with Crippen molar-refractivity contribution in [2.24, 2.45) is 11.7 Å². The van der Waals surface area contributed by atoms with Crippen molar-refractivity contribution < 1.29 is 4.79 Å². The van der Waals surface area contributed by atoms with Crippen molar-refractivity contribution in [3.05, 3.63) is 22.4 Å². The van der Waals surface area contributed by atoms with Crippen LogP contribution in [0.25, 0.3) is 0 Å². The SMILES string of the molecule is CN(CC(=O)NCCc1cccs1)C1CCCCC1CN. The fourth-order valence-corrected chi connectivity index (χ4v) is 3.93. The molecule has 1 aliphatic rings. The van der Waals surface area contributed by atoms with Gasteiger partial charge in [-0.15, -0.1) is 11.3 Å². The van der Waals surface area contributed by atoms with Crippen LogP contribution in [0.5, 0.6) is 0 Å². The molecule has 3 N–H and O–H groups in total. The third-order valence-corrected chi connectivity index (χ3v) is 5.34. The Kier molecular flexibility index (Phi) is 6.67. The summed E-state index contributed by atoms with van der Waals surface area (Å²) in [5.41, 5.74) is 5.87. The van der Waals surface area contributed by atoms with Crippen LogP contribution in [0.15, 0.2) is 17.5 Å². The van der Waals surface area contributed by atoms with Crippen molar-refractivity contribution in [3.8, 4) is 0 Å². The molecule has 0 saturated heterocycles. The smallest absolute Gasteiger partial charge is 0.234 e. The number of carbonyl (C=O) groups excluding carboxylic acids is 1. The lowest BCUT2D eigenvalue weighted by Crippen LogP contribution is -2.47. The monoisotopic (exact) mass is 309 g/mol. The second-order valence-electron chi connectivity index (χ2n) is 5.94. The molecule has 1 aromatic rings. The van der Waals surface area contributed by atoms with E-state index in [4.69, 9.17) is 5.73 Å². The van der Waals surface area contributed by atoms with Gasteiger partial charge >= 0.3 is 0 Å². The van der Waals surface area contributed by atoms with Crippen LogP contribution in [0.2, 0.25) is 0 Å². The summed E-state index contributed by atoms with van der Waals surface area (Å²) in [5, 5.41) is 5.09. The minimum Gasteiger partial charge on any atom is -0.355 e. The number of nitrogens with two attached hydrogens (primary N) is 1. The fraction of sp³-hybridized carbons (Fsp3) is 0.688. The molecule has 2 rings (SSSR count). The summed E-state index contributed by atoms with van der Waals surface area (Å²) in [5.74, 6) is 0.665. The molecule has 2 atom stereocenters. The first-order valence-corrected chi connectivity index (χ1v) is 8.78. The average molecular weight is 309 g/mol. The molecule has 5 heteroatoms. The van der Waals surface area contributed by atoms with Crippen molar-refractivity contribution in [2.75, 3.05) is 26.7 Å². The zero-order valence-corrected chi connectivity index (χ0v) is 13.7. The lowest BCUT2D eigenvalue weighted by Gasteiger charge is -2.37. The minimum atomic E-state index is 0.121. The predicted molar refractivity (Wildman–Crippen MR) is 88.5 cm³/mol. The second kappa shape index (κ2) is 8.51. The van der Waals surface area contributed by atoms with Crippen LogP contribution >= 0.6 is 11.3 Å². The third kappa shape index (κ3) is 5.09. The van der Waals surface area contributed by atoms with E-state index in [1.807, 2.05) is 6.07 Å². The van der Waals surface area contributed by atoms with E-state index in [0.717, 1.165) is 19.5 Å². The first kappa shape index (κ1) is 16.5. The number of thiophene rings is 1. The Hall–Kier alpha value is -0.910. The first-order valence-electron chi connectivity index (χ1n) is 7.90. The predicted octanol–water partition coefficient (Wildman–Crippen LogP) is 1.86. The van der Waals surface area contributed by atoms with Crippen LogP contribution < -0.4 is 11.1 Å². The van der Waals surface area contributed by atoms with E-state index in [1.54, 1.807) is 11.3 Å². The molecule has 1 aliphatic carbocycles. The van der Waals surface area contributed by atoms with Gasteiger partial charge in [0.2, 0.25) is 5.91 Å². The van der Waals surface area contributed by atoms with Crippen molar-refractivity contribution >= 4 is 17.2 Å². The van der Waals surface area contributed by atoms with Crippen LogP contribution in [0, 0.1) is 5.92 Å². The van der Waals surface area contributed by atoms with E-state index in [0.29, 0.717) is 18.5 Å². The number of likely N-dealkylation sites (N-methyl/N-ethyl adjacent to an activating group) is 1. The Balaban J connectivity index is 1.70. The van der Waals surface area contributed by atoms with Gasteiger partial charge in [-0.2, -0.15) is 0 Å². The number of nitrogens with zero attached hydrogens (tertiary/aromatic N) is 1. The topological polar surface area (TPSA) is 58.4 Å². The number of nitrogens with one attached hydrogen (secondary N) is 1. The Bertz CT molecular complexity index is 421. The molecule has 0 aromatic carbocycles. The van der Waals surface area contributed by atoms with E-state index in [1.165, 1.54) is 30.6 Å². The summed E-state index contributed by atoms with van der Waals surface area (Å²) in [6.45, 7) is 1.93. The quantitative estimate of drug-likeness (QED) is 0.808. The highest BCUT2D eigenvalue weighted by molar-refractivity contribution is 7.09. The van der Waals surface area contributed by atoms with Gasteiger partial charge < -0.3 is 11.1 Å². The summed E-state index contributed by atoms with van der Waals surface area (Å²) < 4.78 is 0. The van der Waals surface area contributed by atoms with Crippen LogP contribution in [0.1, 0.15) is 30.6 Å². The van der Waals surface area contributed by atoms with Crippen LogP contribution in [-0.2, 0) is 11.2 Å². The maximum Gasteiger partial charge on any atom is 0.234 e. The van der Waals surface area contributed by atoms with Gasteiger partial charge in [-0.3, -0.25) is 9.69 Å². The number of rotatable bonds is 7. The molecule has 118 valence electrons. The second-order valence-corrected chi connectivity index (χ2v) is 6.97. The molecule has 1 heterocycles. The van der Waals surface area contributed by atoms with Gasteiger partial charge in [-0.05, 0) is 50.2 Å². The molecule has 2 unspecified atom stereocenters. The zero-order valence-electron chi connectivity index (χ0n) is 12.9. The Morgan fingerprint density at radius 2 is 2.29 bits per heavy atom. The summed E-state index contributed by atoms with van der Waals surface area (Å²) in [7, 11) is 2.05. The van der Waals surface area contributed by atoms with E-state index in [-0.39, 0.29) is 5.91 Å². The average Bonchev–Trinajstić information content (AvgIpc) is 3.00. The highest BCUT2D eigenvalue weighted by atomic mass is 32.1. The maximum absolute atomic E-state index is 12.0. The van der Waals surface area contributed by atoms with E-state index < -0.39 is 0 Å². The highest BCUT2D eigenvalue weighted by Crippen LogP contribution is 2.26. The Morgan fingerprint density at radius 1 is 1.48 bits per heavy atom. The number of hydrogen-bond donors (Lipinski definition) is 2. The number of amides is 1. The van der Waals surface area contributed by atoms with Crippen molar-refractivity contribution in [1.29, 1.82) is 0 Å². The summed E-state index contributed by atoms with van der Waals surface area (Å²) in [6, 6.07) is 4.62. The lowest BCUT2D eigenvalue weighted by molar-refractivity contribution is -0.122. The molecule has 0 spiro atoms. The van der Waals surface area contributed by atoms with Gasteiger partial charge in [0.1, 0.15) is 0 Å². The fourth-order valence-electron chi connectivity index (χ4n) is 3.22. The van der Waals surface area contributed by atoms with Gasteiger partial charge in [-0.25, -0.2) is 0 Å². The minimum absolute atomic E-state index is 0.121. The molecule has 0 radical (unpaired) electrons. The van der Waals surface area contributed by atoms with Crippen molar-refractivity contribution in [2.45, 2.75) is 38.1 Å². The molecular formula is C16H27N3OS. The lowest BCUT2D eigenvalue weighted by atomic mass is 9.84. The molecule has 1 amide bonds.